The Labute approximate surface area is 80.3 Å². The minimum Gasteiger partial charge on any atom is -0.344 e. The molecule has 0 unspecified atom stereocenters. The minimum atomic E-state index is -3.80. The van der Waals surface area contributed by atoms with E-state index in [0.717, 1.165) is 13.5 Å². The van der Waals surface area contributed by atoms with Gasteiger partial charge in [-0.05, 0) is 20.3 Å². The van der Waals surface area contributed by atoms with E-state index in [2.05, 4.69) is 4.18 Å². The molecule has 0 amide bonds. The molecule has 0 fully saturated rings. The first-order valence-electron chi connectivity index (χ1n) is 3.84. The zero-order chi connectivity index (χ0) is 9.83. The maximum absolute atomic E-state index is 10.8. The fraction of sp³-hybridized carbons (Fsp3) is 1.00. The Kier molecular flexibility index (Phi) is 6.52. The lowest BCUT2D eigenvalue weighted by molar-refractivity contribution is 0.0841. The van der Waals surface area contributed by atoms with Crippen molar-refractivity contribution in [2.24, 2.45) is 0 Å². The Morgan fingerprint density at radius 1 is 1.31 bits per heavy atom. The Balaban J connectivity index is 0. The SMILES string of the molecule is CCCC(C)(C)OS(=O)(=O)OC.N. The predicted octanol–water partition coefficient (Wildman–Crippen LogP) is 1.63. The summed E-state index contributed by atoms with van der Waals surface area (Å²) in [7, 11) is -2.72. The Bertz CT molecular complexity index is 223. The van der Waals surface area contributed by atoms with Crippen molar-refractivity contribution in [2.75, 3.05) is 7.11 Å². The van der Waals surface area contributed by atoms with Crippen LogP contribution in [0, 0.1) is 0 Å². The molecule has 13 heavy (non-hydrogen) atoms. The summed E-state index contributed by atoms with van der Waals surface area (Å²) in [5.41, 5.74) is -0.677. The first-order chi connectivity index (χ1) is 5.33. The Hall–Kier alpha value is -0.170. The van der Waals surface area contributed by atoms with Crippen molar-refractivity contribution in [1.29, 1.82) is 0 Å². The molecule has 0 aliphatic carbocycles. The molecule has 0 aromatic carbocycles. The van der Waals surface area contributed by atoms with Crippen LogP contribution in [-0.2, 0) is 18.8 Å². The van der Waals surface area contributed by atoms with E-state index in [4.69, 9.17) is 4.18 Å². The molecule has 0 saturated carbocycles. The summed E-state index contributed by atoms with van der Waals surface area (Å²) in [5.74, 6) is 0. The second-order valence-corrected chi connectivity index (χ2v) is 4.48. The lowest BCUT2D eigenvalue weighted by Crippen LogP contribution is -2.28. The summed E-state index contributed by atoms with van der Waals surface area (Å²) in [5, 5.41) is 0. The normalized spacial score (nSPS) is 12.3. The third-order valence-electron chi connectivity index (χ3n) is 1.38. The molecular weight excluding hydrogens is 194 g/mol. The maximum Gasteiger partial charge on any atom is 0.400 e. The minimum absolute atomic E-state index is 0. The van der Waals surface area contributed by atoms with Gasteiger partial charge in [-0.25, -0.2) is 4.18 Å². The van der Waals surface area contributed by atoms with Crippen molar-refractivity contribution in [3.05, 3.63) is 0 Å². The Morgan fingerprint density at radius 3 is 2.08 bits per heavy atom. The van der Waals surface area contributed by atoms with Gasteiger partial charge in [0.05, 0.1) is 12.7 Å². The van der Waals surface area contributed by atoms with E-state index in [-0.39, 0.29) is 6.15 Å². The fourth-order valence-corrected chi connectivity index (χ4v) is 1.66. The molecule has 0 heterocycles. The van der Waals surface area contributed by atoms with Crippen molar-refractivity contribution in [3.63, 3.8) is 0 Å². The van der Waals surface area contributed by atoms with Gasteiger partial charge < -0.3 is 6.15 Å². The second kappa shape index (κ2) is 5.54. The molecule has 0 rings (SSSR count). The topological polar surface area (TPSA) is 87.6 Å². The van der Waals surface area contributed by atoms with Gasteiger partial charge in [-0.3, -0.25) is 4.18 Å². The molecule has 0 spiro atoms. The van der Waals surface area contributed by atoms with Crippen molar-refractivity contribution in [1.82, 2.24) is 6.15 Å². The van der Waals surface area contributed by atoms with Crippen LogP contribution in [-0.4, -0.2) is 21.1 Å². The van der Waals surface area contributed by atoms with Gasteiger partial charge in [0, 0.05) is 0 Å². The van der Waals surface area contributed by atoms with Gasteiger partial charge in [-0.2, -0.15) is 8.42 Å². The summed E-state index contributed by atoms with van der Waals surface area (Å²) >= 11 is 0. The molecular formula is C7H19NO4S. The fourth-order valence-electron chi connectivity index (χ4n) is 0.954. The van der Waals surface area contributed by atoms with E-state index in [9.17, 15) is 8.42 Å². The van der Waals surface area contributed by atoms with Crippen molar-refractivity contribution in [3.8, 4) is 0 Å². The van der Waals surface area contributed by atoms with Gasteiger partial charge >= 0.3 is 10.4 Å². The third-order valence-corrected chi connectivity index (χ3v) is 2.45. The van der Waals surface area contributed by atoms with Crippen LogP contribution in [0.15, 0.2) is 0 Å². The molecule has 0 atom stereocenters. The van der Waals surface area contributed by atoms with Gasteiger partial charge in [0.15, 0.2) is 0 Å². The molecule has 3 N–H and O–H groups in total. The zero-order valence-electron chi connectivity index (χ0n) is 8.66. The molecule has 5 nitrogen and oxygen atoms in total. The van der Waals surface area contributed by atoms with Gasteiger partial charge in [0.1, 0.15) is 0 Å². The van der Waals surface area contributed by atoms with Crippen LogP contribution in [0.1, 0.15) is 33.6 Å². The van der Waals surface area contributed by atoms with Crippen LogP contribution in [0.25, 0.3) is 0 Å². The third kappa shape index (κ3) is 6.94. The molecule has 0 aliphatic rings. The van der Waals surface area contributed by atoms with Gasteiger partial charge in [0.25, 0.3) is 0 Å². The van der Waals surface area contributed by atoms with Gasteiger partial charge in [0.2, 0.25) is 0 Å². The molecule has 0 saturated heterocycles. The van der Waals surface area contributed by atoms with Crippen LogP contribution in [0.5, 0.6) is 0 Å². The highest BCUT2D eigenvalue weighted by atomic mass is 32.3. The van der Waals surface area contributed by atoms with E-state index in [1.165, 1.54) is 0 Å². The number of hydrogen-bond acceptors (Lipinski definition) is 5. The van der Waals surface area contributed by atoms with E-state index in [0.29, 0.717) is 6.42 Å². The van der Waals surface area contributed by atoms with E-state index >= 15 is 0 Å². The highest BCUT2D eigenvalue weighted by molar-refractivity contribution is 7.81. The largest absolute Gasteiger partial charge is 0.400 e. The standard InChI is InChI=1S/C7H16O4S.H3N/c1-5-6-7(2,3)11-12(8,9)10-4;/h5-6H2,1-4H3;1H3. The predicted molar refractivity (Wildman–Crippen MR) is 51.0 cm³/mol. The summed E-state index contributed by atoms with van der Waals surface area (Å²) in [4.78, 5) is 0. The van der Waals surface area contributed by atoms with Crippen molar-refractivity contribution in [2.45, 2.75) is 39.2 Å². The highest BCUT2D eigenvalue weighted by Gasteiger charge is 2.25. The van der Waals surface area contributed by atoms with Crippen LogP contribution >= 0.6 is 0 Å². The molecule has 0 aromatic rings. The van der Waals surface area contributed by atoms with E-state index in [1.54, 1.807) is 13.8 Å². The van der Waals surface area contributed by atoms with E-state index in [1.807, 2.05) is 6.92 Å². The molecule has 0 bridgehead atoms. The zero-order valence-corrected chi connectivity index (χ0v) is 9.48. The monoisotopic (exact) mass is 213 g/mol. The molecule has 0 radical (unpaired) electrons. The van der Waals surface area contributed by atoms with Crippen LogP contribution < -0.4 is 6.15 Å². The summed E-state index contributed by atoms with van der Waals surface area (Å²) in [6, 6.07) is 0. The molecule has 82 valence electrons. The molecule has 0 aliphatic heterocycles. The molecule has 0 aromatic heterocycles. The highest BCUT2D eigenvalue weighted by Crippen LogP contribution is 2.19. The molecule has 6 heteroatoms. The second-order valence-electron chi connectivity index (χ2n) is 3.17. The van der Waals surface area contributed by atoms with Gasteiger partial charge in [-0.15, -0.1) is 0 Å². The Morgan fingerprint density at radius 2 is 1.77 bits per heavy atom. The maximum atomic E-state index is 10.8. The first kappa shape index (κ1) is 15.3. The van der Waals surface area contributed by atoms with E-state index < -0.39 is 16.0 Å². The van der Waals surface area contributed by atoms with Crippen molar-refractivity contribution >= 4 is 10.4 Å². The quantitative estimate of drug-likeness (QED) is 0.750. The van der Waals surface area contributed by atoms with Crippen LogP contribution in [0.4, 0.5) is 0 Å². The summed E-state index contributed by atoms with van der Waals surface area (Å²) in [6.07, 6.45) is 1.54. The lowest BCUT2D eigenvalue weighted by atomic mass is 10.0. The summed E-state index contributed by atoms with van der Waals surface area (Å²) < 4.78 is 30.6. The van der Waals surface area contributed by atoms with Crippen molar-refractivity contribution < 1.29 is 16.8 Å². The average molecular weight is 213 g/mol. The lowest BCUT2D eigenvalue weighted by Gasteiger charge is -2.22. The van der Waals surface area contributed by atoms with Crippen LogP contribution in [0.3, 0.4) is 0 Å². The summed E-state index contributed by atoms with van der Waals surface area (Å²) in [6.45, 7) is 5.39. The van der Waals surface area contributed by atoms with Crippen LogP contribution in [0.2, 0.25) is 0 Å². The smallest absolute Gasteiger partial charge is 0.344 e. The first-order valence-corrected chi connectivity index (χ1v) is 5.17. The number of rotatable bonds is 5. The number of hydrogen-bond donors (Lipinski definition) is 1. The average Bonchev–Trinajstić information content (AvgIpc) is 1.85. The van der Waals surface area contributed by atoms with Gasteiger partial charge in [-0.1, -0.05) is 13.3 Å².